The quantitative estimate of drug-likeness (QED) is 0.128. The molecular weight excluding hydrogens is 684 g/mol. The molecule has 16 heteroatoms. The summed E-state index contributed by atoms with van der Waals surface area (Å²) < 4.78 is 33.3. The number of alkyl carbamates (subject to hydrolysis) is 1. The summed E-state index contributed by atoms with van der Waals surface area (Å²) in [6, 6.07) is 20.9. The van der Waals surface area contributed by atoms with Crippen molar-refractivity contribution in [3.8, 4) is 0 Å². The first-order valence-corrected chi connectivity index (χ1v) is 15.2. The van der Waals surface area contributed by atoms with Gasteiger partial charge in [0.05, 0.1) is 15.5 Å². The molecule has 0 unspecified atom stereocenters. The van der Waals surface area contributed by atoms with E-state index in [1.807, 2.05) is 0 Å². The van der Waals surface area contributed by atoms with Crippen molar-refractivity contribution in [3.05, 3.63) is 140 Å². The minimum Gasteiger partial charge on any atom is -0.444 e. The van der Waals surface area contributed by atoms with Crippen LogP contribution in [-0.4, -0.2) is 45.3 Å². The lowest BCUT2D eigenvalue weighted by molar-refractivity contribution is -0.385. The number of amides is 4. The Morgan fingerprint density at radius 1 is 0.769 bits per heavy atom. The van der Waals surface area contributed by atoms with Gasteiger partial charge >= 0.3 is 6.09 Å². The highest BCUT2D eigenvalue weighted by Gasteiger charge is 2.36. The molecule has 2 N–H and O–H groups in total. The molecule has 0 aliphatic heterocycles. The zero-order valence-electron chi connectivity index (χ0n) is 27.8. The predicted octanol–water partition coefficient (Wildman–Crippen LogP) is 7.83. The van der Waals surface area contributed by atoms with E-state index in [1.165, 1.54) is 18.2 Å². The molecule has 0 radical (unpaired) electrons. The highest BCUT2D eigenvalue weighted by Crippen LogP contribution is 2.27. The lowest BCUT2D eigenvalue weighted by Crippen LogP contribution is -2.51. The van der Waals surface area contributed by atoms with Gasteiger partial charge in [0.2, 0.25) is 0 Å². The van der Waals surface area contributed by atoms with Crippen molar-refractivity contribution in [1.29, 1.82) is 0 Å². The summed E-state index contributed by atoms with van der Waals surface area (Å²) in [7, 11) is 0. The van der Waals surface area contributed by atoms with E-state index in [0.29, 0.717) is 10.6 Å². The molecule has 0 heterocycles. The van der Waals surface area contributed by atoms with Crippen LogP contribution in [0.5, 0.6) is 0 Å². The van der Waals surface area contributed by atoms with E-state index in [9.17, 15) is 48.2 Å². The van der Waals surface area contributed by atoms with Crippen molar-refractivity contribution in [3.63, 3.8) is 0 Å². The molecule has 0 spiro atoms. The van der Waals surface area contributed by atoms with E-state index in [2.05, 4.69) is 10.6 Å². The van der Waals surface area contributed by atoms with Crippen LogP contribution >= 0.6 is 0 Å². The fourth-order valence-electron chi connectivity index (χ4n) is 4.46. The number of ether oxygens (including phenoxy) is 1. The molecule has 4 rings (SSSR count). The zero-order valence-corrected chi connectivity index (χ0v) is 27.8. The van der Waals surface area contributed by atoms with Gasteiger partial charge in [0, 0.05) is 17.8 Å². The molecule has 0 aromatic heterocycles. The average molecular weight is 722 g/mol. The number of carbonyl (C=O) groups is 4. The van der Waals surface area contributed by atoms with Crippen LogP contribution in [0.25, 0.3) is 0 Å². The predicted molar refractivity (Wildman–Crippen MR) is 189 cm³/mol. The Balaban J connectivity index is 0.000000399. The molecule has 0 bridgehead atoms. The fraction of sp³-hybridized carbons (Fsp3) is 0.222. The van der Waals surface area contributed by atoms with Crippen molar-refractivity contribution < 1.29 is 42.5 Å². The summed E-state index contributed by atoms with van der Waals surface area (Å²) in [4.78, 5) is 71.8. The van der Waals surface area contributed by atoms with Gasteiger partial charge in [-0.05, 0) is 63.6 Å². The van der Waals surface area contributed by atoms with Crippen LogP contribution in [0.15, 0.2) is 97.1 Å². The normalized spacial score (nSPS) is 11.0. The summed E-state index contributed by atoms with van der Waals surface area (Å²) in [6.07, 6.45) is -0.802. The van der Waals surface area contributed by atoms with Gasteiger partial charge < -0.3 is 15.4 Å². The van der Waals surface area contributed by atoms with Crippen LogP contribution in [0.2, 0.25) is 0 Å². The third kappa shape index (κ3) is 11.0. The van der Waals surface area contributed by atoms with Crippen LogP contribution in [0.3, 0.4) is 0 Å². The Bertz CT molecular complexity index is 1920. The number of nitro benzene ring substituents is 2. The number of imide groups is 1. The minimum atomic E-state index is -1.23. The van der Waals surface area contributed by atoms with Crippen LogP contribution in [0, 0.1) is 31.9 Å². The van der Waals surface area contributed by atoms with Crippen molar-refractivity contribution >= 4 is 46.6 Å². The van der Waals surface area contributed by atoms with Crippen LogP contribution < -0.4 is 15.5 Å². The number of hydrogen-bond acceptors (Lipinski definition) is 9. The SMILES string of the molecule is C.CC[C@H](NC(=O)OC(C)(C)C)C(=O)N(C(=O)c1c(F)cccc1[N+](=O)[O-])c1ccccc1.O=C(Nc1ccccc1)c1c(F)cccc1[N+](=O)[O-]. The number of hydrogen-bond donors (Lipinski definition) is 2. The van der Waals surface area contributed by atoms with Gasteiger partial charge in [-0.25, -0.2) is 18.5 Å². The largest absolute Gasteiger partial charge is 0.444 e. The molecule has 1 atom stereocenters. The monoisotopic (exact) mass is 721 g/mol. The van der Waals surface area contributed by atoms with Gasteiger partial charge in [-0.1, -0.05) is 62.9 Å². The van der Waals surface area contributed by atoms with Crippen molar-refractivity contribution in [2.45, 2.75) is 53.2 Å². The van der Waals surface area contributed by atoms with Crippen molar-refractivity contribution in [1.82, 2.24) is 5.32 Å². The summed E-state index contributed by atoms with van der Waals surface area (Å²) in [5, 5.41) is 27.0. The van der Waals surface area contributed by atoms with Gasteiger partial charge in [-0.15, -0.1) is 0 Å². The maximum absolute atomic E-state index is 14.5. The molecule has 4 aromatic rings. The Morgan fingerprint density at radius 2 is 1.25 bits per heavy atom. The minimum absolute atomic E-state index is 0. The standard InChI is InChI=1S/C22H24FN3O6.C13H9FN2O3.CH4/c1-5-16(24-21(29)32-22(2,3)4)19(27)25(14-10-7-6-8-11-14)20(28)18-15(23)12-9-13-17(18)26(30)31;14-10-7-4-8-11(16(18)19)12(10)13(17)15-9-5-2-1-3-6-9;/h6-13,16H,5H2,1-4H3,(H,24,29);1-8H,(H,15,17);1H4/t16-;;/m0../s1. The molecule has 0 fully saturated rings. The second kappa shape index (κ2) is 18.4. The van der Waals surface area contributed by atoms with Gasteiger partial charge in [0.25, 0.3) is 29.1 Å². The number of nitrogens with zero attached hydrogens (tertiary/aromatic N) is 3. The third-order valence-corrected chi connectivity index (χ3v) is 6.68. The highest BCUT2D eigenvalue weighted by atomic mass is 19.1. The summed E-state index contributed by atoms with van der Waals surface area (Å²) in [6.45, 7) is 6.53. The molecular formula is C36H37F2N5O9. The lowest BCUT2D eigenvalue weighted by atomic mass is 10.1. The van der Waals surface area contributed by atoms with E-state index in [1.54, 1.807) is 76.2 Å². The molecule has 52 heavy (non-hydrogen) atoms. The first-order valence-electron chi connectivity index (χ1n) is 15.2. The fourth-order valence-corrected chi connectivity index (χ4v) is 4.46. The van der Waals surface area contributed by atoms with Crippen LogP contribution in [0.4, 0.5) is 36.3 Å². The summed E-state index contributed by atoms with van der Waals surface area (Å²) >= 11 is 0. The Hall–Kier alpha value is -6.58. The Kier molecular flexibility index (Phi) is 14.7. The number of benzene rings is 4. The molecule has 274 valence electrons. The molecule has 0 aliphatic rings. The first kappa shape index (κ1) is 41.6. The van der Waals surface area contributed by atoms with E-state index < -0.39 is 79.4 Å². The highest BCUT2D eigenvalue weighted by molar-refractivity contribution is 6.23. The van der Waals surface area contributed by atoms with Gasteiger partial charge in [0.15, 0.2) is 11.1 Å². The number of para-hydroxylation sites is 2. The number of nitro groups is 2. The maximum Gasteiger partial charge on any atom is 0.408 e. The molecule has 4 amide bonds. The zero-order chi connectivity index (χ0) is 37.9. The van der Waals surface area contributed by atoms with Crippen molar-refractivity contribution in [2.24, 2.45) is 0 Å². The number of nitrogens with one attached hydrogen (secondary N) is 2. The molecule has 0 aliphatic carbocycles. The average Bonchev–Trinajstić information content (AvgIpc) is 3.07. The van der Waals surface area contributed by atoms with E-state index in [0.717, 1.165) is 30.3 Å². The van der Waals surface area contributed by atoms with Gasteiger partial charge in [-0.2, -0.15) is 0 Å². The molecule has 0 saturated heterocycles. The maximum atomic E-state index is 14.5. The summed E-state index contributed by atoms with van der Waals surface area (Å²) in [5.41, 5.74) is -3.10. The third-order valence-electron chi connectivity index (χ3n) is 6.68. The first-order chi connectivity index (χ1) is 24.0. The Morgan fingerprint density at radius 3 is 1.73 bits per heavy atom. The summed E-state index contributed by atoms with van der Waals surface area (Å²) in [5.74, 6) is -5.05. The smallest absolute Gasteiger partial charge is 0.408 e. The lowest BCUT2D eigenvalue weighted by Gasteiger charge is -2.27. The Labute approximate surface area is 297 Å². The van der Waals surface area contributed by atoms with Crippen LogP contribution in [-0.2, 0) is 9.53 Å². The number of rotatable bonds is 9. The van der Waals surface area contributed by atoms with Gasteiger partial charge in [0.1, 0.15) is 23.3 Å². The van der Waals surface area contributed by atoms with Crippen molar-refractivity contribution in [2.75, 3.05) is 10.2 Å². The van der Waals surface area contributed by atoms with E-state index in [-0.39, 0.29) is 19.5 Å². The number of anilines is 2. The van der Waals surface area contributed by atoms with E-state index in [4.69, 9.17) is 4.74 Å². The molecule has 0 saturated carbocycles. The van der Waals surface area contributed by atoms with E-state index >= 15 is 0 Å². The van der Waals surface area contributed by atoms with Gasteiger partial charge in [-0.3, -0.25) is 34.6 Å². The molecule has 14 nitrogen and oxygen atoms in total. The second-order valence-electron chi connectivity index (χ2n) is 11.5. The molecule has 4 aromatic carbocycles. The second-order valence-corrected chi connectivity index (χ2v) is 11.5. The number of carbonyl (C=O) groups excluding carboxylic acids is 4. The van der Waals surface area contributed by atoms with Crippen LogP contribution in [0.1, 0.15) is 62.3 Å². The topological polar surface area (TPSA) is 191 Å². The number of halogens is 2.